The molecule has 0 radical (unpaired) electrons. The van der Waals surface area contributed by atoms with Crippen molar-refractivity contribution in [2.75, 3.05) is 19.2 Å². The molecule has 0 bridgehead atoms. The van der Waals surface area contributed by atoms with Crippen molar-refractivity contribution in [3.05, 3.63) is 48.0 Å². The van der Waals surface area contributed by atoms with Crippen LogP contribution >= 0.6 is 0 Å². The van der Waals surface area contributed by atoms with Crippen LogP contribution in [0.15, 0.2) is 47.4 Å². The van der Waals surface area contributed by atoms with Crippen LogP contribution in [0.5, 0.6) is 11.5 Å². The number of ether oxygens (including phenoxy) is 2. The summed E-state index contributed by atoms with van der Waals surface area (Å²) in [6.07, 6.45) is 0. The number of fused-ring (bicyclic) bond motifs is 1. The fourth-order valence-corrected chi connectivity index (χ4v) is 3.15. The van der Waals surface area contributed by atoms with Gasteiger partial charge in [-0.25, -0.2) is 13.6 Å². The third kappa shape index (κ3) is 4.57. The zero-order chi connectivity index (χ0) is 19.6. The summed E-state index contributed by atoms with van der Waals surface area (Å²) >= 11 is 0. The van der Waals surface area contributed by atoms with E-state index >= 15 is 0 Å². The van der Waals surface area contributed by atoms with E-state index in [9.17, 15) is 13.2 Å². The van der Waals surface area contributed by atoms with E-state index in [4.69, 9.17) is 14.6 Å². The number of rotatable bonds is 6. The Morgan fingerprint density at radius 2 is 1.85 bits per heavy atom. The molecule has 9 heteroatoms. The van der Waals surface area contributed by atoms with Crippen LogP contribution in [0.1, 0.15) is 12.5 Å². The van der Waals surface area contributed by atoms with Crippen LogP contribution in [0.2, 0.25) is 0 Å². The van der Waals surface area contributed by atoms with Crippen molar-refractivity contribution in [3.63, 3.8) is 0 Å². The van der Waals surface area contributed by atoms with Crippen molar-refractivity contribution in [1.29, 1.82) is 0 Å². The number of benzene rings is 2. The van der Waals surface area contributed by atoms with E-state index in [0.29, 0.717) is 18.0 Å². The highest BCUT2D eigenvalue weighted by molar-refractivity contribution is 7.89. The van der Waals surface area contributed by atoms with Gasteiger partial charge in [-0.3, -0.25) is 9.69 Å². The summed E-state index contributed by atoms with van der Waals surface area (Å²) < 4.78 is 33.2. The predicted octanol–water partition coefficient (Wildman–Crippen LogP) is 1.52. The lowest BCUT2D eigenvalue weighted by atomic mass is 10.1. The van der Waals surface area contributed by atoms with Crippen molar-refractivity contribution in [2.24, 2.45) is 5.14 Å². The van der Waals surface area contributed by atoms with Crippen LogP contribution in [-0.2, 0) is 21.4 Å². The predicted molar refractivity (Wildman–Crippen MR) is 99.9 cm³/mol. The fraction of sp³-hybridized carbons (Fsp3) is 0.278. The molecule has 0 fully saturated rings. The number of sulfonamides is 1. The molecule has 1 aliphatic rings. The standard InChI is InChI=1S/C18H21N3O5S/c1-12(18(22)20-14-4-6-15(7-5-14)27(19,23)24)21(2)10-13-3-8-16-17(9-13)26-11-25-16/h3-9,12H,10-11H2,1-2H3,(H,20,22)(H2,19,23,24)/t12-/m1/s1. The first-order valence-corrected chi connectivity index (χ1v) is 9.81. The molecule has 27 heavy (non-hydrogen) atoms. The summed E-state index contributed by atoms with van der Waals surface area (Å²) in [4.78, 5) is 14.4. The molecule has 1 aliphatic heterocycles. The van der Waals surface area contributed by atoms with Crippen LogP contribution in [-0.4, -0.2) is 39.1 Å². The Hall–Kier alpha value is -2.62. The molecule has 0 aromatic heterocycles. The summed E-state index contributed by atoms with van der Waals surface area (Å²) in [5.74, 6) is 1.21. The Balaban J connectivity index is 1.61. The number of nitrogens with zero attached hydrogens (tertiary/aromatic N) is 1. The number of amides is 1. The average Bonchev–Trinajstić information content (AvgIpc) is 3.08. The molecule has 0 spiro atoms. The number of anilines is 1. The lowest BCUT2D eigenvalue weighted by Crippen LogP contribution is -2.39. The van der Waals surface area contributed by atoms with E-state index in [1.165, 1.54) is 24.3 Å². The van der Waals surface area contributed by atoms with Crippen molar-refractivity contribution < 1.29 is 22.7 Å². The number of hydrogen-bond acceptors (Lipinski definition) is 6. The van der Waals surface area contributed by atoms with Crippen LogP contribution in [0, 0.1) is 0 Å². The van der Waals surface area contributed by atoms with E-state index in [1.54, 1.807) is 6.92 Å². The van der Waals surface area contributed by atoms with E-state index in [-0.39, 0.29) is 17.6 Å². The van der Waals surface area contributed by atoms with Crippen LogP contribution < -0.4 is 19.9 Å². The first-order valence-electron chi connectivity index (χ1n) is 8.26. The molecule has 3 rings (SSSR count). The van der Waals surface area contributed by atoms with Gasteiger partial charge in [0, 0.05) is 12.2 Å². The van der Waals surface area contributed by atoms with Gasteiger partial charge in [0.2, 0.25) is 22.7 Å². The monoisotopic (exact) mass is 391 g/mol. The molecule has 1 heterocycles. The van der Waals surface area contributed by atoms with Gasteiger partial charge in [-0.05, 0) is 55.9 Å². The lowest BCUT2D eigenvalue weighted by molar-refractivity contribution is -0.120. The fourth-order valence-electron chi connectivity index (χ4n) is 2.64. The molecule has 1 amide bonds. The number of carbonyl (C=O) groups excluding carboxylic acids is 1. The van der Waals surface area contributed by atoms with E-state index < -0.39 is 16.1 Å². The Bertz CT molecular complexity index is 944. The average molecular weight is 391 g/mol. The highest BCUT2D eigenvalue weighted by Crippen LogP contribution is 2.32. The van der Waals surface area contributed by atoms with Gasteiger partial charge in [0.25, 0.3) is 0 Å². The van der Waals surface area contributed by atoms with Gasteiger partial charge in [0.1, 0.15) is 0 Å². The Morgan fingerprint density at radius 3 is 2.52 bits per heavy atom. The molecule has 3 N–H and O–H groups in total. The molecule has 2 aromatic rings. The van der Waals surface area contributed by atoms with Crippen LogP contribution in [0.4, 0.5) is 5.69 Å². The third-order valence-electron chi connectivity index (χ3n) is 4.36. The second kappa shape index (κ2) is 7.55. The molecule has 0 saturated heterocycles. The van der Waals surface area contributed by atoms with Gasteiger partial charge < -0.3 is 14.8 Å². The van der Waals surface area contributed by atoms with Gasteiger partial charge in [0.05, 0.1) is 10.9 Å². The minimum Gasteiger partial charge on any atom is -0.454 e. The molecule has 1 atom stereocenters. The summed E-state index contributed by atoms with van der Waals surface area (Å²) in [6.45, 7) is 2.56. The molecular formula is C18H21N3O5S. The molecular weight excluding hydrogens is 370 g/mol. The summed E-state index contributed by atoms with van der Waals surface area (Å²) in [6, 6.07) is 11.0. The van der Waals surface area contributed by atoms with E-state index in [0.717, 1.165) is 11.3 Å². The van der Waals surface area contributed by atoms with Crippen molar-refractivity contribution >= 4 is 21.6 Å². The lowest BCUT2D eigenvalue weighted by Gasteiger charge is -2.24. The van der Waals surface area contributed by atoms with E-state index in [1.807, 2.05) is 30.1 Å². The summed E-state index contributed by atoms with van der Waals surface area (Å²) in [5.41, 5.74) is 1.50. The van der Waals surface area contributed by atoms with Gasteiger partial charge >= 0.3 is 0 Å². The van der Waals surface area contributed by atoms with Gasteiger partial charge in [-0.2, -0.15) is 0 Å². The number of nitrogens with one attached hydrogen (secondary N) is 1. The first kappa shape index (κ1) is 19.2. The zero-order valence-corrected chi connectivity index (χ0v) is 15.8. The maximum absolute atomic E-state index is 12.5. The molecule has 144 valence electrons. The highest BCUT2D eigenvalue weighted by Gasteiger charge is 2.20. The van der Waals surface area contributed by atoms with Gasteiger partial charge in [0.15, 0.2) is 11.5 Å². The number of primary sulfonamides is 1. The number of nitrogens with two attached hydrogens (primary N) is 1. The highest BCUT2D eigenvalue weighted by atomic mass is 32.2. The van der Waals surface area contributed by atoms with E-state index in [2.05, 4.69) is 5.32 Å². The molecule has 0 aliphatic carbocycles. The summed E-state index contributed by atoms with van der Waals surface area (Å²) in [7, 11) is -1.91. The van der Waals surface area contributed by atoms with Gasteiger partial charge in [-0.15, -0.1) is 0 Å². The SMILES string of the molecule is C[C@H](C(=O)Nc1ccc(S(N)(=O)=O)cc1)N(C)Cc1ccc2c(c1)OCO2. The minimum atomic E-state index is -3.76. The smallest absolute Gasteiger partial charge is 0.241 e. The Labute approximate surface area is 157 Å². The zero-order valence-electron chi connectivity index (χ0n) is 15.0. The number of hydrogen-bond donors (Lipinski definition) is 2. The van der Waals surface area contributed by atoms with Crippen LogP contribution in [0.25, 0.3) is 0 Å². The number of likely N-dealkylation sites (N-methyl/N-ethyl adjacent to an activating group) is 1. The second-order valence-electron chi connectivity index (χ2n) is 6.34. The summed E-state index contributed by atoms with van der Waals surface area (Å²) in [5, 5.41) is 7.83. The van der Waals surface area contributed by atoms with Crippen molar-refractivity contribution in [2.45, 2.75) is 24.4 Å². The quantitative estimate of drug-likeness (QED) is 0.772. The number of carbonyl (C=O) groups is 1. The molecule has 2 aromatic carbocycles. The Kier molecular flexibility index (Phi) is 5.36. The second-order valence-corrected chi connectivity index (χ2v) is 7.90. The Morgan fingerprint density at radius 1 is 1.19 bits per heavy atom. The normalized spacial score (nSPS) is 14.2. The van der Waals surface area contributed by atoms with Crippen LogP contribution in [0.3, 0.4) is 0 Å². The molecule has 8 nitrogen and oxygen atoms in total. The molecule has 0 unspecified atom stereocenters. The first-order chi connectivity index (χ1) is 12.7. The minimum absolute atomic E-state index is 0.00604. The van der Waals surface area contributed by atoms with Crippen molar-refractivity contribution in [1.82, 2.24) is 4.90 Å². The maximum atomic E-state index is 12.5. The maximum Gasteiger partial charge on any atom is 0.241 e. The van der Waals surface area contributed by atoms with Crippen molar-refractivity contribution in [3.8, 4) is 11.5 Å². The topological polar surface area (TPSA) is 111 Å². The third-order valence-corrected chi connectivity index (χ3v) is 5.29. The van der Waals surface area contributed by atoms with Gasteiger partial charge in [-0.1, -0.05) is 6.07 Å². The largest absolute Gasteiger partial charge is 0.454 e. The molecule has 0 saturated carbocycles.